The van der Waals surface area contributed by atoms with Gasteiger partial charge in [0.05, 0.1) is 53.4 Å². The SMILES string of the molecule is C=CCO[C@H]1[C@@H](OCc2ccccc2)[C@@H](COCc2ccccc2)O[C@@H](O[C@H]2[C@H](OCc3ccc(OC)cc3)[C@@H](N=[N+]=[N-])[C@@H]3OC[C@H]2O3)[C@@H]1OCc1ccccc1. The molecule has 0 amide bonds. The van der Waals surface area contributed by atoms with E-state index >= 15 is 0 Å². The van der Waals surface area contributed by atoms with E-state index in [0.29, 0.717) is 13.2 Å². The highest BCUT2D eigenvalue weighted by Gasteiger charge is 2.56. The first kappa shape index (κ1) is 40.6. The molecule has 57 heavy (non-hydrogen) atoms. The van der Waals surface area contributed by atoms with Crippen molar-refractivity contribution in [1.82, 2.24) is 0 Å². The van der Waals surface area contributed by atoms with Crippen molar-refractivity contribution in [2.75, 3.05) is 26.9 Å². The standard InChI is InChI=1S/C44H49N3O10/c1-3-23-50-41-38(51-25-31-15-9-5-10-16-31)35(28-49-24-30-13-7-4-8-14-30)56-44(42(41)53-26-32-17-11-6-12-18-32)57-39-36-29-54-43(55-36)37(46-47-45)40(39)52-27-33-19-21-34(48-2)22-20-33/h3-22,35-44H,1,23-29H2,2H3/t35-,36-,37-,38+,39-,40-,41+,42-,43-,44+/m1/s1. The third-order valence-electron chi connectivity index (χ3n) is 10.1. The summed E-state index contributed by atoms with van der Waals surface area (Å²) >= 11 is 0. The van der Waals surface area contributed by atoms with Crippen molar-refractivity contribution in [2.45, 2.75) is 87.8 Å². The summed E-state index contributed by atoms with van der Waals surface area (Å²) in [5.41, 5.74) is 13.5. The molecule has 0 radical (unpaired) electrons. The Labute approximate surface area is 332 Å². The number of fused-ring (bicyclic) bond motifs is 2. The monoisotopic (exact) mass is 779 g/mol. The number of azide groups is 1. The van der Waals surface area contributed by atoms with Gasteiger partial charge in [0.15, 0.2) is 12.6 Å². The molecule has 7 rings (SSSR count). The minimum Gasteiger partial charge on any atom is -0.497 e. The summed E-state index contributed by atoms with van der Waals surface area (Å²) in [7, 11) is 1.62. The normalized spacial score (nSPS) is 28.0. The van der Waals surface area contributed by atoms with Crippen molar-refractivity contribution < 1.29 is 47.4 Å². The Kier molecular flexibility index (Phi) is 14.7. The Morgan fingerprint density at radius 1 is 0.684 bits per heavy atom. The lowest BCUT2D eigenvalue weighted by atomic mass is 9.96. The number of rotatable bonds is 20. The van der Waals surface area contributed by atoms with E-state index in [2.05, 4.69) is 16.6 Å². The van der Waals surface area contributed by atoms with Crippen LogP contribution in [0.15, 0.2) is 133 Å². The van der Waals surface area contributed by atoms with Crippen LogP contribution < -0.4 is 4.74 Å². The second-order valence-corrected chi connectivity index (χ2v) is 13.9. The van der Waals surface area contributed by atoms with Gasteiger partial charge in [-0.05, 0) is 39.9 Å². The smallest absolute Gasteiger partial charge is 0.187 e. The first-order valence-electron chi connectivity index (χ1n) is 19.2. The molecule has 4 aromatic carbocycles. The number of hydrogen-bond donors (Lipinski definition) is 0. The van der Waals surface area contributed by atoms with Crippen LogP contribution in [0.4, 0.5) is 0 Å². The number of ether oxygens (including phenoxy) is 10. The lowest BCUT2D eigenvalue weighted by molar-refractivity contribution is -0.350. The average molecular weight is 780 g/mol. The molecule has 300 valence electrons. The molecule has 3 aliphatic heterocycles. The van der Waals surface area contributed by atoms with Crippen LogP contribution in [0, 0.1) is 0 Å². The molecule has 0 saturated carbocycles. The maximum Gasteiger partial charge on any atom is 0.187 e. The predicted octanol–water partition coefficient (Wildman–Crippen LogP) is 7.08. The molecular weight excluding hydrogens is 730 g/mol. The molecule has 4 aromatic rings. The first-order valence-corrected chi connectivity index (χ1v) is 19.2. The minimum atomic E-state index is -1.05. The summed E-state index contributed by atoms with van der Waals surface area (Å²) < 4.78 is 64.3. The highest BCUT2D eigenvalue weighted by molar-refractivity contribution is 5.27. The van der Waals surface area contributed by atoms with Crippen molar-refractivity contribution in [2.24, 2.45) is 5.11 Å². The van der Waals surface area contributed by atoms with Crippen LogP contribution in [0.3, 0.4) is 0 Å². The summed E-state index contributed by atoms with van der Waals surface area (Å²) in [6.07, 6.45) is -5.16. The third kappa shape index (κ3) is 10.7. The van der Waals surface area contributed by atoms with Crippen molar-refractivity contribution in [1.29, 1.82) is 0 Å². The first-order chi connectivity index (χ1) is 28.1. The van der Waals surface area contributed by atoms with Gasteiger partial charge in [-0.1, -0.05) is 114 Å². The van der Waals surface area contributed by atoms with Gasteiger partial charge in [-0.25, -0.2) is 0 Å². The molecule has 0 aliphatic carbocycles. The van der Waals surface area contributed by atoms with Crippen LogP contribution >= 0.6 is 0 Å². The van der Waals surface area contributed by atoms with Gasteiger partial charge in [-0.3, -0.25) is 0 Å². The molecule has 2 bridgehead atoms. The van der Waals surface area contributed by atoms with Gasteiger partial charge in [0.1, 0.15) is 54.5 Å². The largest absolute Gasteiger partial charge is 0.497 e. The van der Waals surface area contributed by atoms with Crippen LogP contribution in [0.1, 0.15) is 22.3 Å². The molecule has 0 aromatic heterocycles. The van der Waals surface area contributed by atoms with E-state index < -0.39 is 61.3 Å². The van der Waals surface area contributed by atoms with Crippen LogP contribution in [0.2, 0.25) is 0 Å². The minimum absolute atomic E-state index is 0.155. The molecular formula is C44H49N3O10. The molecule has 0 N–H and O–H groups in total. The van der Waals surface area contributed by atoms with Gasteiger partial charge in [0.2, 0.25) is 0 Å². The molecule has 3 aliphatic rings. The Hall–Kier alpha value is -4.63. The summed E-state index contributed by atoms with van der Waals surface area (Å²) in [5.74, 6) is 0.724. The van der Waals surface area contributed by atoms with Crippen LogP contribution in [-0.4, -0.2) is 88.3 Å². The zero-order valence-corrected chi connectivity index (χ0v) is 31.9. The fraction of sp³-hybridized carbons (Fsp3) is 0.409. The van der Waals surface area contributed by atoms with Gasteiger partial charge in [-0.2, -0.15) is 0 Å². The van der Waals surface area contributed by atoms with Gasteiger partial charge in [-0.15, -0.1) is 6.58 Å². The Morgan fingerprint density at radius 3 is 1.86 bits per heavy atom. The number of benzene rings is 4. The van der Waals surface area contributed by atoms with E-state index in [9.17, 15) is 5.53 Å². The summed E-state index contributed by atoms with van der Waals surface area (Å²) in [5, 5.41) is 4.08. The van der Waals surface area contributed by atoms with E-state index in [1.165, 1.54) is 0 Å². The lowest BCUT2D eigenvalue weighted by Gasteiger charge is -2.48. The molecule has 10 atom stereocenters. The fourth-order valence-corrected chi connectivity index (χ4v) is 7.23. The Balaban J connectivity index is 1.21. The molecule has 0 spiro atoms. The van der Waals surface area contributed by atoms with Crippen molar-refractivity contribution in [3.8, 4) is 5.75 Å². The quantitative estimate of drug-likeness (QED) is 0.0396. The highest BCUT2D eigenvalue weighted by atomic mass is 16.8. The van der Waals surface area contributed by atoms with Gasteiger partial charge in [0, 0.05) is 4.91 Å². The van der Waals surface area contributed by atoms with Crippen LogP contribution in [0.25, 0.3) is 10.4 Å². The summed E-state index contributed by atoms with van der Waals surface area (Å²) in [4.78, 5) is 3.13. The average Bonchev–Trinajstić information content (AvgIpc) is 3.70. The third-order valence-corrected chi connectivity index (χ3v) is 10.1. The second-order valence-electron chi connectivity index (χ2n) is 13.9. The van der Waals surface area contributed by atoms with E-state index in [4.69, 9.17) is 47.4 Å². The maximum absolute atomic E-state index is 9.65. The molecule has 3 fully saturated rings. The van der Waals surface area contributed by atoms with Crippen molar-refractivity contribution in [3.05, 3.63) is 161 Å². The zero-order chi connectivity index (χ0) is 39.2. The van der Waals surface area contributed by atoms with Crippen molar-refractivity contribution in [3.63, 3.8) is 0 Å². The molecule has 3 saturated heterocycles. The molecule has 13 nitrogen and oxygen atoms in total. The summed E-state index contributed by atoms with van der Waals surface area (Å²) in [6, 6.07) is 36.4. The number of nitrogens with zero attached hydrogens (tertiary/aromatic N) is 3. The topological polar surface area (TPSA) is 141 Å². The van der Waals surface area contributed by atoms with Gasteiger partial charge < -0.3 is 47.4 Å². The number of hydrogen-bond acceptors (Lipinski definition) is 11. The zero-order valence-electron chi connectivity index (χ0n) is 31.9. The lowest BCUT2D eigenvalue weighted by Crippen LogP contribution is -2.64. The highest BCUT2D eigenvalue weighted by Crippen LogP contribution is 2.38. The van der Waals surface area contributed by atoms with Gasteiger partial charge >= 0.3 is 0 Å². The molecule has 13 heteroatoms. The van der Waals surface area contributed by atoms with Crippen LogP contribution in [0.5, 0.6) is 5.75 Å². The Morgan fingerprint density at radius 2 is 1.26 bits per heavy atom. The van der Waals surface area contributed by atoms with E-state index in [1.807, 2.05) is 115 Å². The van der Waals surface area contributed by atoms with Crippen molar-refractivity contribution >= 4 is 0 Å². The molecule has 3 heterocycles. The van der Waals surface area contributed by atoms with E-state index in [-0.39, 0.29) is 33.0 Å². The number of methoxy groups -OCH3 is 1. The van der Waals surface area contributed by atoms with Crippen LogP contribution in [-0.2, 0) is 69.1 Å². The maximum atomic E-state index is 9.65. The van der Waals surface area contributed by atoms with E-state index in [1.54, 1.807) is 13.2 Å². The van der Waals surface area contributed by atoms with Gasteiger partial charge in [0.25, 0.3) is 0 Å². The Bertz CT molecular complexity index is 1850. The molecule has 0 unspecified atom stereocenters. The predicted molar refractivity (Wildman–Crippen MR) is 209 cm³/mol. The second kappa shape index (κ2) is 20.7. The van der Waals surface area contributed by atoms with E-state index in [0.717, 1.165) is 28.0 Å². The fourth-order valence-electron chi connectivity index (χ4n) is 7.23. The summed E-state index contributed by atoms with van der Waals surface area (Å²) in [6.45, 7) is 5.57.